The number of rotatable bonds is 6. The lowest BCUT2D eigenvalue weighted by atomic mass is 10.2. The Bertz CT molecular complexity index is 830. The van der Waals surface area contributed by atoms with Crippen LogP contribution in [0.4, 0.5) is 0 Å². The first-order chi connectivity index (χ1) is 12.4. The van der Waals surface area contributed by atoms with Crippen LogP contribution in [-0.2, 0) is 17.1 Å². The molecule has 0 radical (unpaired) electrons. The monoisotopic (exact) mass is 378 g/mol. The molecule has 1 aliphatic rings. The van der Waals surface area contributed by atoms with Crippen molar-refractivity contribution in [3.05, 3.63) is 42.5 Å². The molecule has 2 aromatic rings. The van der Waals surface area contributed by atoms with Crippen LogP contribution < -0.4 is 10.1 Å². The number of piperazine rings is 1. The van der Waals surface area contributed by atoms with Gasteiger partial charge < -0.3 is 14.6 Å². The van der Waals surface area contributed by atoms with Crippen molar-refractivity contribution in [3.8, 4) is 5.75 Å². The maximum atomic E-state index is 13.2. The number of benzene rings is 1. The van der Waals surface area contributed by atoms with Crippen molar-refractivity contribution in [1.82, 2.24) is 19.2 Å². The third-order valence-corrected chi connectivity index (χ3v) is 6.29. The Labute approximate surface area is 155 Å². The van der Waals surface area contributed by atoms with Gasteiger partial charge in [-0.2, -0.15) is 4.31 Å². The van der Waals surface area contributed by atoms with Crippen LogP contribution in [-0.4, -0.2) is 48.5 Å². The molecule has 1 fully saturated rings. The van der Waals surface area contributed by atoms with E-state index in [0.717, 1.165) is 5.82 Å². The fourth-order valence-electron chi connectivity index (χ4n) is 3.00. The molecule has 1 N–H and O–H groups in total. The zero-order valence-corrected chi connectivity index (χ0v) is 16.2. The summed E-state index contributed by atoms with van der Waals surface area (Å²) >= 11 is 0. The first-order valence-electron chi connectivity index (χ1n) is 8.82. The minimum atomic E-state index is -3.62. The molecule has 1 aliphatic heterocycles. The van der Waals surface area contributed by atoms with Gasteiger partial charge in [0.05, 0.1) is 17.5 Å². The number of imidazole rings is 1. The summed E-state index contributed by atoms with van der Waals surface area (Å²) in [6, 6.07) is 6.33. The van der Waals surface area contributed by atoms with Crippen molar-refractivity contribution in [3.63, 3.8) is 0 Å². The summed E-state index contributed by atoms with van der Waals surface area (Å²) in [5.41, 5.74) is 0. The van der Waals surface area contributed by atoms with Crippen LogP contribution in [0.25, 0.3) is 0 Å². The maximum Gasteiger partial charge on any atom is 0.243 e. The fraction of sp³-hybridized carbons (Fsp3) is 0.500. The Morgan fingerprint density at radius 2 is 2.04 bits per heavy atom. The SMILES string of the molecule is CC(C)COc1ccc(S(=O)(=O)N2CCNCC2c2nccn2C)cc1. The third-order valence-electron chi connectivity index (χ3n) is 4.36. The zero-order chi connectivity index (χ0) is 18.7. The molecular formula is C18H26N4O3S. The lowest BCUT2D eigenvalue weighted by Gasteiger charge is -2.34. The van der Waals surface area contributed by atoms with Gasteiger partial charge in [-0.25, -0.2) is 13.4 Å². The smallest absolute Gasteiger partial charge is 0.243 e. The fourth-order valence-corrected chi connectivity index (χ4v) is 4.58. The molecule has 1 atom stereocenters. The lowest BCUT2D eigenvalue weighted by Crippen LogP contribution is -2.49. The van der Waals surface area contributed by atoms with Crippen molar-refractivity contribution < 1.29 is 13.2 Å². The highest BCUT2D eigenvalue weighted by molar-refractivity contribution is 7.89. The van der Waals surface area contributed by atoms with E-state index in [0.29, 0.717) is 37.9 Å². The van der Waals surface area contributed by atoms with Crippen LogP contribution in [0, 0.1) is 5.92 Å². The molecule has 1 aromatic heterocycles. The van der Waals surface area contributed by atoms with E-state index in [4.69, 9.17) is 4.74 Å². The lowest BCUT2D eigenvalue weighted by molar-refractivity contribution is 0.258. The molecule has 0 spiro atoms. The quantitative estimate of drug-likeness (QED) is 0.829. The van der Waals surface area contributed by atoms with E-state index in [1.165, 1.54) is 4.31 Å². The summed E-state index contributed by atoms with van der Waals surface area (Å²) in [6.07, 6.45) is 3.52. The maximum absolute atomic E-state index is 13.2. The Morgan fingerprint density at radius 3 is 2.65 bits per heavy atom. The van der Waals surface area contributed by atoms with Gasteiger partial charge in [-0.05, 0) is 30.2 Å². The molecule has 2 heterocycles. The van der Waals surface area contributed by atoms with E-state index < -0.39 is 10.0 Å². The van der Waals surface area contributed by atoms with E-state index in [2.05, 4.69) is 24.1 Å². The summed E-state index contributed by atoms with van der Waals surface area (Å²) in [5, 5.41) is 3.26. The molecule has 0 bridgehead atoms. The Hall–Kier alpha value is -1.90. The molecular weight excluding hydrogens is 352 g/mol. The van der Waals surface area contributed by atoms with E-state index in [1.807, 2.05) is 17.8 Å². The number of nitrogens with one attached hydrogen (secondary N) is 1. The van der Waals surface area contributed by atoms with E-state index in [-0.39, 0.29) is 10.9 Å². The van der Waals surface area contributed by atoms with Crippen LogP contribution in [0.5, 0.6) is 5.75 Å². The molecule has 0 amide bonds. The highest BCUT2D eigenvalue weighted by Crippen LogP contribution is 2.28. The van der Waals surface area contributed by atoms with Crippen LogP contribution in [0.3, 0.4) is 0 Å². The van der Waals surface area contributed by atoms with Crippen molar-refractivity contribution in [2.75, 3.05) is 26.2 Å². The minimum Gasteiger partial charge on any atom is -0.493 e. The predicted octanol–water partition coefficient (Wildman–Crippen LogP) is 1.79. The second kappa shape index (κ2) is 7.77. The van der Waals surface area contributed by atoms with Gasteiger partial charge in [0, 0.05) is 39.1 Å². The standard InChI is InChI=1S/C18H26N4O3S/c1-14(2)13-25-15-4-6-16(7-5-15)26(23,24)22-11-8-19-12-17(22)18-20-9-10-21(18)3/h4-7,9-10,14,17,19H,8,11-13H2,1-3H3. The van der Waals surface area contributed by atoms with Gasteiger partial charge in [0.2, 0.25) is 10.0 Å². The van der Waals surface area contributed by atoms with Crippen LogP contribution >= 0.6 is 0 Å². The normalized spacial score (nSPS) is 19.0. The minimum absolute atomic E-state index is 0.274. The summed E-state index contributed by atoms with van der Waals surface area (Å²) in [4.78, 5) is 4.62. The molecule has 1 saturated heterocycles. The van der Waals surface area contributed by atoms with Gasteiger partial charge in [-0.15, -0.1) is 0 Å². The van der Waals surface area contributed by atoms with Crippen LogP contribution in [0.1, 0.15) is 25.7 Å². The molecule has 26 heavy (non-hydrogen) atoms. The zero-order valence-electron chi connectivity index (χ0n) is 15.4. The highest BCUT2D eigenvalue weighted by Gasteiger charge is 2.36. The number of sulfonamides is 1. The van der Waals surface area contributed by atoms with Crippen molar-refractivity contribution in [2.45, 2.75) is 24.8 Å². The molecule has 0 aliphatic carbocycles. The molecule has 0 saturated carbocycles. The third kappa shape index (κ3) is 3.92. The molecule has 142 valence electrons. The molecule has 7 nitrogen and oxygen atoms in total. The number of hydrogen-bond acceptors (Lipinski definition) is 5. The number of aromatic nitrogens is 2. The molecule has 1 unspecified atom stereocenters. The first-order valence-corrected chi connectivity index (χ1v) is 10.3. The summed E-state index contributed by atoms with van der Waals surface area (Å²) in [7, 11) is -1.74. The topological polar surface area (TPSA) is 76.5 Å². The largest absolute Gasteiger partial charge is 0.493 e. The second-order valence-corrected chi connectivity index (χ2v) is 8.80. The van der Waals surface area contributed by atoms with E-state index in [9.17, 15) is 8.42 Å². The second-order valence-electron chi connectivity index (χ2n) is 6.91. The molecule has 8 heteroatoms. The molecule has 1 aromatic carbocycles. The Kier molecular flexibility index (Phi) is 5.64. The molecule has 3 rings (SSSR count). The van der Waals surface area contributed by atoms with Crippen LogP contribution in [0.2, 0.25) is 0 Å². The van der Waals surface area contributed by atoms with Crippen molar-refractivity contribution >= 4 is 10.0 Å². The van der Waals surface area contributed by atoms with Gasteiger partial charge in [-0.1, -0.05) is 13.8 Å². The van der Waals surface area contributed by atoms with Gasteiger partial charge in [0.15, 0.2) is 0 Å². The predicted molar refractivity (Wildman–Crippen MR) is 99.5 cm³/mol. The van der Waals surface area contributed by atoms with Crippen LogP contribution in [0.15, 0.2) is 41.6 Å². The van der Waals surface area contributed by atoms with E-state index >= 15 is 0 Å². The highest BCUT2D eigenvalue weighted by atomic mass is 32.2. The summed E-state index contributed by atoms with van der Waals surface area (Å²) in [5.74, 6) is 1.83. The van der Waals surface area contributed by atoms with Crippen molar-refractivity contribution in [1.29, 1.82) is 0 Å². The Morgan fingerprint density at radius 1 is 1.31 bits per heavy atom. The van der Waals surface area contributed by atoms with Gasteiger partial charge >= 0.3 is 0 Å². The van der Waals surface area contributed by atoms with Gasteiger partial charge in [-0.3, -0.25) is 0 Å². The number of nitrogens with zero attached hydrogens (tertiary/aromatic N) is 3. The average molecular weight is 378 g/mol. The number of ether oxygens (including phenoxy) is 1. The van der Waals surface area contributed by atoms with Gasteiger partial charge in [0.25, 0.3) is 0 Å². The Balaban J connectivity index is 1.84. The number of aryl methyl sites for hydroxylation is 1. The van der Waals surface area contributed by atoms with Crippen molar-refractivity contribution in [2.24, 2.45) is 13.0 Å². The van der Waals surface area contributed by atoms with Gasteiger partial charge in [0.1, 0.15) is 11.6 Å². The number of hydrogen-bond donors (Lipinski definition) is 1. The summed E-state index contributed by atoms with van der Waals surface area (Å²) < 4.78 is 35.4. The average Bonchev–Trinajstić information content (AvgIpc) is 3.06. The first kappa shape index (κ1) is 18.9. The summed E-state index contributed by atoms with van der Waals surface area (Å²) in [6.45, 7) is 6.31. The van der Waals surface area contributed by atoms with E-state index in [1.54, 1.807) is 30.5 Å².